The summed E-state index contributed by atoms with van der Waals surface area (Å²) < 4.78 is 37.2. The van der Waals surface area contributed by atoms with Crippen LogP contribution in [0.2, 0.25) is 0 Å². The molecule has 0 spiro atoms. The molecule has 2 fully saturated rings. The number of hydrogen-bond donors (Lipinski definition) is 2. The standard InChI is InChI=1S/C23H34N2O2.C2HF3O2/c1-16(2)7-10-25-14-20-18-5-3-4-6-19(18)23(21(20)15-25)24-22(26)13-17-8-11-27-12-9-17;3-2(4,5)1(6)7/h3-6,16-17,20-21,23H,7-15H2,1-2H3,(H,24,26);(H,6,7)/t20-,21-,23+;/m0./s1. The van der Waals surface area contributed by atoms with Crippen molar-refractivity contribution in [1.82, 2.24) is 10.2 Å². The summed E-state index contributed by atoms with van der Waals surface area (Å²) in [5.74, 6) is -0.213. The highest BCUT2D eigenvalue weighted by Crippen LogP contribution is 2.49. The summed E-state index contributed by atoms with van der Waals surface area (Å²) in [5.41, 5.74) is 2.82. The molecule has 0 bridgehead atoms. The molecule has 9 heteroatoms. The first-order chi connectivity index (χ1) is 16.1. The predicted molar refractivity (Wildman–Crippen MR) is 121 cm³/mol. The van der Waals surface area contributed by atoms with Gasteiger partial charge in [-0.05, 0) is 48.8 Å². The lowest BCUT2D eigenvalue weighted by molar-refractivity contribution is -0.192. The van der Waals surface area contributed by atoms with Crippen molar-refractivity contribution in [2.45, 2.75) is 57.7 Å². The van der Waals surface area contributed by atoms with Gasteiger partial charge in [0.2, 0.25) is 5.91 Å². The van der Waals surface area contributed by atoms with E-state index in [9.17, 15) is 18.0 Å². The van der Waals surface area contributed by atoms with Crippen LogP contribution in [0.25, 0.3) is 0 Å². The smallest absolute Gasteiger partial charge is 0.475 e. The lowest BCUT2D eigenvalue weighted by Crippen LogP contribution is -2.35. The Morgan fingerprint density at radius 2 is 1.76 bits per heavy atom. The molecule has 3 atom stereocenters. The molecular formula is C25H35F3N2O4. The summed E-state index contributed by atoms with van der Waals surface area (Å²) in [5, 5.41) is 10.6. The van der Waals surface area contributed by atoms with Gasteiger partial charge in [0, 0.05) is 44.6 Å². The largest absolute Gasteiger partial charge is 0.490 e. The average molecular weight is 485 g/mol. The molecule has 2 aliphatic heterocycles. The Hall–Kier alpha value is -2.13. The highest BCUT2D eigenvalue weighted by molar-refractivity contribution is 5.77. The zero-order chi connectivity index (χ0) is 24.9. The van der Waals surface area contributed by atoms with Gasteiger partial charge >= 0.3 is 12.1 Å². The van der Waals surface area contributed by atoms with E-state index >= 15 is 0 Å². The summed E-state index contributed by atoms with van der Waals surface area (Å²) in [6.45, 7) is 9.63. The molecule has 6 nitrogen and oxygen atoms in total. The molecule has 2 saturated heterocycles. The van der Waals surface area contributed by atoms with Gasteiger partial charge in [-0.25, -0.2) is 4.79 Å². The van der Waals surface area contributed by atoms with Crippen LogP contribution >= 0.6 is 0 Å². The Balaban J connectivity index is 0.000000406. The number of halogens is 3. The van der Waals surface area contributed by atoms with Gasteiger partial charge in [-0.15, -0.1) is 0 Å². The first kappa shape index (κ1) is 26.5. The molecule has 34 heavy (non-hydrogen) atoms. The number of carbonyl (C=O) groups excluding carboxylic acids is 1. The second-order valence-electron chi connectivity index (χ2n) is 9.95. The van der Waals surface area contributed by atoms with E-state index in [1.165, 1.54) is 24.1 Å². The topological polar surface area (TPSA) is 78.9 Å². The van der Waals surface area contributed by atoms with Crippen LogP contribution in [-0.4, -0.2) is 60.9 Å². The molecule has 3 aliphatic rings. The van der Waals surface area contributed by atoms with Gasteiger partial charge in [-0.3, -0.25) is 4.79 Å². The van der Waals surface area contributed by atoms with Crippen LogP contribution in [0.5, 0.6) is 0 Å². The summed E-state index contributed by atoms with van der Waals surface area (Å²) in [6, 6.07) is 8.96. The van der Waals surface area contributed by atoms with Crippen molar-refractivity contribution in [2.24, 2.45) is 17.8 Å². The molecule has 0 aromatic heterocycles. The van der Waals surface area contributed by atoms with Crippen molar-refractivity contribution < 1.29 is 32.6 Å². The lowest BCUT2D eigenvalue weighted by Gasteiger charge is -2.25. The number of carboxylic acids is 1. The Morgan fingerprint density at radius 1 is 1.15 bits per heavy atom. The van der Waals surface area contributed by atoms with Crippen molar-refractivity contribution in [2.75, 3.05) is 32.8 Å². The Labute approximate surface area is 198 Å². The molecule has 1 amide bonds. The van der Waals surface area contributed by atoms with Crippen molar-refractivity contribution in [3.05, 3.63) is 35.4 Å². The molecule has 190 valence electrons. The summed E-state index contributed by atoms with van der Waals surface area (Å²) in [6.07, 6.45) is -1.15. The minimum absolute atomic E-state index is 0.183. The fourth-order valence-corrected chi connectivity index (χ4v) is 5.20. The normalized spacial score (nSPS) is 24.8. The number of nitrogens with zero attached hydrogens (tertiary/aromatic N) is 1. The number of nitrogens with one attached hydrogen (secondary N) is 1. The number of benzene rings is 1. The molecule has 0 unspecified atom stereocenters. The average Bonchev–Trinajstić information content (AvgIpc) is 3.31. The molecular weight excluding hydrogens is 449 g/mol. The van der Waals surface area contributed by atoms with E-state index in [2.05, 4.69) is 48.3 Å². The fraction of sp³-hybridized carbons (Fsp3) is 0.680. The van der Waals surface area contributed by atoms with E-state index in [0.29, 0.717) is 24.2 Å². The maximum atomic E-state index is 12.8. The van der Waals surface area contributed by atoms with Crippen molar-refractivity contribution in [1.29, 1.82) is 0 Å². The Kier molecular flexibility index (Phi) is 8.98. The van der Waals surface area contributed by atoms with E-state index < -0.39 is 12.1 Å². The van der Waals surface area contributed by atoms with Gasteiger partial charge in [0.05, 0.1) is 6.04 Å². The first-order valence-electron chi connectivity index (χ1n) is 12.0. The summed E-state index contributed by atoms with van der Waals surface area (Å²) in [7, 11) is 0. The minimum atomic E-state index is -5.08. The van der Waals surface area contributed by atoms with Crippen molar-refractivity contribution in [3.8, 4) is 0 Å². The third-order valence-corrected chi connectivity index (χ3v) is 7.00. The third kappa shape index (κ3) is 6.95. The van der Waals surface area contributed by atoms with Crippen molar-refractivity contribution in [3.63, 3.8) is 0 Å². The number of hydrogen-bond acceptors (Lipinski definition) is 4. The molecule has 1 aromatic rings. The molecule has 4 rings (SSSR count). The summed E-state index contributed by atoms with van der Waals surface area (Å²) >= 11 is 0. The van der Waals surface area contributed by atoms with E-state index in [1.807, 2.05) is 0 Å². The number of alkyl halides is 3. The van der Waals surface area contributed by atoms with E-state index in [-0.39, 0.29) is 11.9 Å². The Morgan fingerprint density at radius 3 is 2.35 bits per heavy atom. The molecule has 2 heterocycles. The number of likely N-dealkylation sites (tertiary alicyclic amines) is 1. The van der Waals surface area contributed by atoms with E-state index in [4.69, 9.17) is 14.6 Å². The van der Waals surface area contributed by atoms with E-state index in [0.717, 1.165) is 45.1 Å². The molecule has 1 aromatic carbocycles. The van der Waals surface area contributed by atoms with Crippen LogP contribution in [0.3, 0.4) is 0 Å². The number of carboxylic acid groups (broad SMARTS) is 1. The first-order valence-corrected chi connectivity index (χ1v) is 12.0. The molecule has 0 radical (unpaired) electrons. The second kappa shape index (κ2) is 11.5. The van der Waals surface area contributed by atoms with Crippen LogP contribution in [-0.2, 0) is 14.3 Å². The highest BCUT2D eigenvalue weighted by atomic mass is 19.4. The SMILES string of the molecule is CC(C)CCN1C[C@@H]2[C@H](NC(=O)CC3CCOCC3)c3ccccc3[C@@H]2C1.O=C(O)C(F)(F)F. The van der Waals surface area contributed by atoms with Gasteiger partial charge in [0.25, 0.3) is 0 Å². The van der Waals surface area contributed by atoms with Crippen molar-refractivity contribution >= 4 is 11.9 Å². The van der Waals surface area contributed by atoms with Crippen LogP contribution in [0, 0.1) is 17.8 Å². The van der Waals surface area contributed by atoms with Gasteiger partial charge in [0.1, 0.15) is 0 Å². The van der Waals surface area contributed by atoms with Gasteiger partial charge in [-0.1, -0.05) is 38.1 Å². The van der Waals surface area contributed by atoms with Gasteiger partial charge in [0.15, 0.2) is 0 Å². The maximum absolute atomic E-state index is 12.8. The number of aliphatic carboxylic acids is 1. The maximum Gasteiger partial charge on any atom is 0.490 e. The molecule has 2 N–H and O–H groups in total. The molecule has 1 aliphatic carbocycles. The second-order valence-corrected chi connectivity index (χ2v) is 9.95. The van der Waals surface area contributed by atoms with Gasteiger partial charge in [-0.2, -0.15) is 13.2 Å². The zero-order valence-electron chi connectivity index (χ0n) is 19.8. The monoisotopic (exact) mass is 484 g/mol. The number of ether oxygens (including phenoxy) is 1. The van der Waals surface area contributed by atoms with E-state index in [1.54, 1.807) is 0 Å². The lowest BCUT2D eigenvalue weighted by atomic mass is 9.93. The van der Waals surface area contributed by atoms with Crippen LogP contribution in [0.4, 0.5) is 13.2 Å². The summed E-state index contributed by atoms with van der Waals surface area (Å²) in [4.78, 5) is 24.3. The fourth-order valence-electron chi connectivity index (χ4n) is 5.20. The highest BCUT2D eigenvalue weighted by Gasteiger charge is 2.46. The predicted octanol–water partition coefficient (Wildman–Crippen LogP) is 4.37. The number of rotatable bonds is 6. The van der Waals surface area contributed by atoms with Gasteiger partial charge < -0.3 is 20.1 Å². The molecule has 0 saturated carbocycles. The quantitative estimate of drug-likeness (QED) is 0.627. The van der Waals surface area contributed by atoms with Crippen LogP contribution < -0.4 is 5.32 Å². The Bertz CT molecular complexity index is 840. The zero-order valence-corrected chi connectivity index (χ0v) is 19.8. The van der Waals surface area contributed by atoms with Crippen LogP contribution in [0.1, 0.15) is 62.6 Å². The third-order valence-electron chi connectivity index (χ3n) is 7.00. The van der Waals surface area contributed by atoms with Crippen LogP contribution in [0.15, 0.2) is 24.3 Å². The minimum Gasteiger partial charge on any atom is -0.475 e. The number of amides is 1. The number of fused-ring (bicyclic) bond motifs is 3. The number of carbonyl (C=O) groups is 2.